The van der Waals surface area contributed by atoms with E-state index in [1.54, 1.807) is 14.2 Å². The number of aromatic nitrogens is 2. The first kappa shape index (κ1) is 27.9. The van der Waals surface area contributed by atoms with Gasteiger partial charge in [0.15, 0.2) is 29.0 Å². The van der Waals surface area contributed by atoms with Crippen LogP contribution >= 0.6 is 0 Å². The van der Waals surface area contributed by atoms with Gasteiger partial charge in [-0.05, 0) is 73.2 Å². The molecule has 0 bridgehead atoms. The number of carbonyl (C=O) groups is 1. The molecule has 2 N–H and O–H groups in total. The van der Waals surface area contributed by atoms with Gasteiger partial charge in [0.25, 0.3) is 0 Å². The smallest absolute Gasteiger partial charge is 0.221 e. The monoisotopic (exact) mass is 597 g/mol. The molecule has 0 saturated heterocycles. The fraction of sp³-hybridized carbons (Fsp3) is 0.143. The molecule has 5 aromatic rings. The standard InChI is InChI=1S/C35H31N7O3/c1-21-31-32(23-14-19-29(44-3)30(20-23)45-4)41-28-13-9-8-12-27(28)38-33(37-25-17-15-24(16-18-25)36-22(2)43)35(41)39-34(31)42(40-21)26-10-6-5-7-11-26/h5-20,32H,1-4H3,(H,36,43)(H,37,38)/t32-/m0/s1. The van der Waals surface area contributed by atoms with E-state index >= 15 is 0 Å². The normalized spacial score (nSPS) is 14.8. The molecule has 10 heteroatoms. The number of ether oxygens (including phenoxy) is 2. The Labute approximate surface area is 260 Å². The molecule has 4 aromatic carbocycles. The minimum atomic E-state index is -0.319. The Morgan fingerprint density at radius 2 is 1.53 bits per heavy atom. The molecule has 7 rings (SSSR count). The van der Waals surface area contributed by atoms with Crippen LogP contribution in [-0.2, 0) is 4.79 Å². The van der Waals surface area contributed by atoms with Gasteiger partial charge in [-0.1, -0.05) is 36.4 Å². The van der Waals surface area contributed by atoms with Crippen LogP contribution in [0.5, 0.6) is 11.5 Å². The molecular weight excluding hydrogens is 566 g/mol. The highest BCUT2D eigenvalue weighted by Crippen LogP contribution is 2.49. The highest BCUT2D eigenvalue weighted by atomic mass is 16.5. The third-order valence-electron chi connectivity index (χ3n) is 7.83. The van der Waals surface area contributed by atoms with Gasteiger partial charge in [-0.2, -0.15) is 5.10 Å². The number of benzene rings is 4. The first-order valence-corrected chi connectivity index (χ1v) is 14.5. The van der Waals surface area contributed by atoms with E-state index in [4.69, 9.17) is 24.6 Å². The average molecular weight is 598 g/mol. The second kappa shape index (κ2) is 11.3. The maximum absolute atomic E-state index is 11.6. The summed E-state index contributed by atoms with van der Waals surface area (Å²) in [5.74, 6) is 3.09. The lowest BCUT2D eigenvalue weighted by atomic mass is 9.93. The molecule has 10 nitrogen and oxygen atoms in total. The number of amidine groups is 2. The third-order valence-corrected chi connectivity index (χ3v) is 7.83. The average Bonchev–Trinajstić information content (AvgIpc) is 3.40. The Kier molecular flexibility index (Phi) is 7.01. The van der Waals surface area contributed by atoms with Gasteiger partial charge < -0.3 is 25.0 Å². The van der Waals surface area contributed by atoms with E-state index in [0.29, 0.717) is 28.9 Å². The van der Waals surface area contributed by atoms with Crippen LogP contribution in [0.2, 0.25) is 0 Å². The number of rotatable bonds is 6. The first-order chi connectivity index (χ1) is 21.9. The number of aryl methyl sites for hydroxylation is 1. The fourth-order valence-electron chi connectivity index (χ4n) is 5.86. The Hall–Kier alpha value is -5.90. The van der Waals surface area contributed by atoms with E-state index in [0.717, 1.165) is 45.4 Å². The molecule has 1 amide bonds. The molecule has 0 fully saturated rings. The number of nitrogens with one attached hydrogen (secondary N) is 2. The lowest BCUT2D eigenvalue weighted by molar-refractivity contribution is -0.114. The van der Waals surface area contributed by atoms with Gasteiger partial charge in [0.05, 0.1) is 43.0 Å². The summed E-state index contributed by atoms with van der Waals surface area (Å²) in [6, 6.07) is 31.2. The van der Waals surface area contributed by atoms with E-state index in [9.17, 15) is 4.79 Å². The van der Waals surface area contributed by atoms with Crippen molar-refractivity contribution in [3.8, 4) is 17.2 Å². The molecule has 45 heavy (non-hydrogen) atoms. The second-order valence-electron chi connectivity index (χ2n) is 10.7. The van der Waals surface area contributed by atoms with Crippen LogP contribution in [-0.4, -0.2) is 41.6 Å². The summed E-state index contributed by atoms with van der Waals surface area (Å²) in [6.45, 7) is 3.51. The third kappa shape index (κ3) is 4.96. The predicted molar refractivity (Wildman–Crippen MR) is 177 cm³/mol. The summed E-state index contributed by atoms with van der Waals surface area (Å²) in [4.78, 5) is 24.1. The van der Waals surface area contributed by atoms with Crippen LogP contribution in [0.1, 0.15) is 29.8 Å². The summed E-state index contributed by atoms with van der Waals surface area (Å²) in [6.07, 6.45) is 0. The fourth-order valence-corrected chi connectivity index (χ4v) is 5.86. The Bertz CT molecular complexity index is 1980. The van der Waals surface area contributed by atoms with E-state index in [1.807, 2.05) is 96.5 Å². The van der Waals surface area contributed by atoms with Crippen molar-refractivity contribution in [3.63, 3.8) is 0 Å². The molecule has 2 aliphatic rings. The summed E-state index contributed by atoms with van der Waals surface area (Å²) in [5, 5.41) is 11.3. The maximum Gasteiger partial charge on any atom is 0.221 e. The Morgan fingerprint density at radius 1 is 0.822 bits per heavy atom. The number of amides is 1. The quantitative estimate of drug-likeness (QED) is 0.219. The van der Waals surface area contributed by atoms with E-state index < -0.39 is 0 Å². The number of anilines is 3. The van der Waals surface area contributed by atoms with Crippen molar-refractivity contribution in [2.75, 3.05) is 29.8 Å². The molecular formula is C35H31N7O3. The van der Waals surface area contributed by atoms with Crippen molar-refractivity contribution in [1.29, 1.82) is 0 Å². The highest BCUT2D eigenvalue weighted by molar-refractivity contribution is 6.51. The lowest BCUT2D eigenvalue weighted by Crippen LogP contribution is -2.46. The van der Waals surface area contributed by atoms with Crippen molar-refractivity contribution < 1.29 is 14.3 Å². The summed E-state index contributed by atoms with van der Waals surface area (Å²) >= 11 is 0. The Morgan fingerprint density at radius 3 is 2.27 bits per heavy atom. The number of methoxy groups -OCH3 is 2. The van der Waals surface area contributed by atoms with Crippen LogP contribution in [0.4, 0.5) is 28.6 Å². The zero-order valence-corrected chi connectivity index (χ0v) is 25.3. The molecule has 3 heterocycles. The highest BCUT2D eigenvalue weighted by Gasteiger charge is 2.41. The maximum atomic E-state index is 11.6. The van der Waals surface area contributed by atoms with Gasteiger partial charge in [-0.15, -0.1) is 0 Å². The number of para-hydroxylation sites is 3. The molecule has 224 valence electrons. The van der Waals surface area contributed by atoms with E-state index in [1.165, 1.54) is 6.92 Å². The first-order valence-electron chi connectivity index (χ1n) is 14.5. The van der Waals surface area contributed by atoms with Crippen LogP contribution in [0.15, 0.2) is 107 Å². The summed E-state index contributed by atoms with van der Waals surface area (Å²) in [5.41, 5.74) is 6.95. The van der Waals surface area contributed by atoms with Gasteiger partial charge in [-0.3, -0.25) is 4.79 Å². The zero-order chi connectivity index (χ0) is 31.1. The lowest BCUT2D eigenvalue weighted by Gasteiger charge is -2.40. The topological polar surface area (TPSA) is 105 Å². The molecule has 1 atom stereocenters. The van der Waals surface area contributed by atoms with Crippen molar-refractivity contribution in [2.45, 2.75) is 19.9 Å². The Balaban J connectivity index is 1.44. The van der Waals surface area contributed by atoms with Crippen LogP contribution in [0.25, 0.3) is 5.69 Å². The molecule has 0 spiro atoms. The van der Waals surface area contributed by atoms with Gasteiger partial charge in [0, 0.05) is 23.9 Å². The minimum Gasteiger partial charge on any atom is -0.493 e. The summed E-state index contributed by atoms with van der Waals surface area (Å²) in [7, 11) is 3.27. The number of aliphatic imine (C=N–C) groups is 2. The minimum absolute atomic E-state index is 0.126. The zero-order valence-electron chi connectivity index (χ0n) is 25.3. The number of carbonyl (C=O) groups excluding carboxylic acids is 1. The van der Waals surface area contributed by atoms with Crippen molar-refractivity contribution in [3.05, 3.63) is 114 Å². The molecule has 0 unspecified atom stereocenters. The van der Waals surface area contributed by atoms with Gasteiger partial charge in [-0.25, -0.2) is 14.7 Å². The molecule has 0 aliphatic carbocycles. The van der Waals surface area contributed by atoms with Crippen LogP contribution in [0.3, 0.4) is 0 Å². The van der Waals surface area contributed by atoms with Crippen molar-refractivity contribution in [2.24, 2.45) is 9.98 Å². The largest absolute Gasteiger partial charge is 0.493 e. The molecule has 0 radical (unpaired) electrons. The van der Waals surface area contributed by atoms with Crippen molar-refractivity contribution in [1.82, 2.24) is 9.78 Å². The number of hydrogen-bond donors (Lipinski definition) is 2. The van der Waals surface area contributed by atoms with Gasteiger partial charge in [0.1, 0.15) is 0 Å². The summed E-state index contributed by atoms with van der Waals surface area (Å²) < 4.78 is 13.2. The van der Waals surface area contributed by atoms with Crippen LogP contribution in [0, 0.1) is 6.92 Å². The van der Waals surface area contributed by atoms with Gasteiger partial charge in [0.2, 0.25) is 5.91 Å². The van der Waals surface area contributed by atoms with E-state index in [-0.39, 0.29) is 11.9 Å². The predicted octanol–water partition coefficient (Wildman–Crippen LogP) is 6.95. The second-order valence-corrected chi connectivity index (χ2v) is 10.7. The van der Waals surface area contributed by atoms with Crippen molar-refractivity contribution >= 4 is 46.1 Å². The SMILES string of the molecule is COc1ccc([C@H]2c3c(C)nn(-c4ccccc4)c3N=C3C(Nc4ccc(NC(C)=O)cc4)=Nc4ccccc4N32)cc1OC. The molecule has 0 saturated carbocycles. The van der Waals surface area contributed by atoms with Gasteiger partial charge >= 0.3 is 0 Å². The number of fused-ring (bicyclic) bond motifs is 4. The number of nitrogens with zero attached hydrogens (tertiary/aromatic N) is 5. The van der Waals surface area contributed by atoms with E-state index in [2.05, 4.69) is 27.7 Å². The molecule has 2 aliphatic heterocycles. The number of hydrogen-bond acceptors (Lipinski definition) is 8. The van der Waals surface area contributed by atoms with Crippen LogP contribution < -0.4 is 25.0 Å². The molecule has 1 aromatic heterocycles.